The van der Waals surface area contributed by atoms with E-state index in [2.05, 4.69) is 12.2 Å². The Morgan fingerprint density at radius 2 is 2.06 bits per heavy atom. The lowest BCUT2D eigenvalue weighted by molar-refractivity contribution is -0.147. The first-order valence-corrected chi connectivity index (χ1v) is 6.64. The van der Waals surface area contributed by atoms with Crippen LogP contribution >= 0.6 is 11.6 Å². The number of hydrogen-bond acceptors (Lipinski definition) is 3. The summed E-state index contributed by atoms with van der Waals surface area (Å²) in [5, 5.41) is 3.89. The molecular weight excluding hydrogens is 250 g/mol. The summed E-state index contributed by atoms with van der Waals surface area (Å²) in [6.45, 7) is 5.63. The Labute approximate surface area is 113 Å². The zero-order valence-corrected chi connectivity index (χ0v) is 11.7. The van der Waals surface area contributed by atoms with E-state index in [9.17, 15) is 4.79 Å². The third-order valence-electron chi connectivity index (χ3n) is 2.45. The van der Waals surface area contributed by atoms with Crippen LogP contribution in [0.3, 0.4) is 0 Å². The van der Waals surface area contributed by atoms with Gasteiger partial charge in [-0.05, 0) is 37.6 Å². The lowest BCUT2D eigenvalue weighted by Gasteiger charge is -2.13. The molecule has 0 aromatic heterocycles. The van der Waals surface area contributed by atoms with Crippen LogP contribution in [0.4, 0.5) is 0 Å². The van der Waals surface area contributed by atoms with Crippen molar-refractivity contribution in [2.24, 2.45) is 0 Å². The molecule has 0 aliphatic rings. The second-order valence-electron chi connectivity index (χ2n) is 4.31. The van der Waals surface area contributed by atoms with Crippen molar-refractivity contribution in [1.82, 2.24) is 5.32 Å². The second-order valence-corrected chi connectivity index (χ2v) is 4.74. The topological polar surface area (TPSA) is 38.3 Å². The first-order chi connectivity index (χ1) is 8.61. The van der Waals surface area contributed by atoms with Gasteiger partial charge in [-0.3, -0.25) is 4.79 Å². The maximum absolute atomic E-state index is 11.7. The van der Waals surface area contributed by atoms with Crippen LogP contribution in [0.25, 0.3) is 0 Å². The average molecular weight is 270 g/mol. The number of carbonyl (C=O) groups excluding carboxylic acids is 1. The summed E-state index contributed by atoms with van der Waals surface area (Å²) in [6, 6.07) is 7.22. The SMILES string of the molecule is CCCNCC(C)OC(=O)Cc1ccc(Cl)cc1. The molecule has 3 nitrogen and oxygen atoms in total. The fourth-order valence-electron chi connectivity index (χ4n) is 1.56. The van der Waals surface area contributed by atoms with Crippen molar-refractivity contribution in [3.8, 4) is 0 Å². The van der Waals surface area contributed by atoms with Gasteiger partial charge in [0.25, 0.3) is 0 Å². The van der Waals surface area contributed by atoms with Crippen LogP contribution in [-0.2, 0) is 16.0 Å². The minimum atomic E-state index is -0.205. The van der Waals surface area contributed by atoms with Crippen LogP contribution in [0.5, 0.6) is 0 Å². The van der Waals surface area contributed by atoms with Crippen molar-refractivity contribution in [3.63, 3.8) is 0 Å². The monoisotopic (exact) mass is 269 g/mol. The molecular formula is C14H20ClNO2. The number of esters is 1. The highest BCUT2D eigenvalue weighted by molar-refractivity contribution is 6.30. The first kappa shape index (κ1) is 15.0. The highest BCUT2D eigenvalue weighted by atomic mass is 35.5. The standard InChI is InChI=1S/C14H20ClNO2/c1-3-8-16-10-11(2)18-14(17)9-12-4-6-13(15)7-5-12/h4-7,11,16H,3,8-10H2,1-2H3. The summed E-state index contributed by atoms with van der Waals surface area (Å²) in [5.74, 6) is -0.205. The molecule has 18 heavy (non-hydrogen) atoms. The third-order valence-corrected chi connectivity index (χ3v) is 2.70. The Morgan fingerprint density at radius 1 is 1.39 bits per heavy atom. The van der Waals surface area contributed by atoms with Crippen LogP contribution in [0, 0.1) is 0 Å². The van der Waals surface area contributed by atoms with Gasteiger partial charge < -0.3 is 10.1 Å². The number of halogens is 1. The molecule has 4 heteroatoms. The molecule has 1 N–H and O–H groups in total. The molecule has 0 bridgehead atoms. The van der Waals surface area contributed by atoms with E-state index in [4.69, 9.17) is 16.3 Å². The van der Waals surface area contributed by atoms with Crippen LogP contribution in [0.15, 0.2) is 24.3 Å². The molecule has 0 amide bonds. The van der Waals surface area contributed by atoms with E-state index in [1.807, 2.05) is 19.1 Å². The van der Waals surface area contributed by atoms with Gasteiger partial charge >= 0.3 is 5.97 Å². The van der Waals surface area contributed by atoms with E-state index in [1.165, 1.54) is 0 Å². The summed E-state index contributed by atoms with van der Waals surface area (Å²) < 4.78 is 5.30. The van der Waals surface area contributed by atoms with Gasteiger partial charge in [-0.2, -0.15) is 0 Å². The molecule has 1 unspecified atom stereocenters. The van der Waals surface area contributed by atoms with E-state index in [0.717, 1.165) is 18.5 Å². The molecule has 1 aromatic carbocycles. The largest absolute Gasteiger partial charge is 0.461 e. The maximum atomic E-state index is 11.7. The molecule has 0 fully saturated rings. The van der Waals surface area contributed by atoms with Crippen LogP contribution in [0.2, 0.25) is 5.02 Å². The van der Waals surface area contributed by atoms with Crippen molar-refractivity contribution in [2.75, 3.05) is 13.1 Å². The van der Waals surface area contributed by atoms with Gasteiger partial charge in [-0.25, -0.2) is 0 Å². The number of nitrogens with one attached hydrogen (secondary N) is 1. The summed E-state index contributed by atoms with van der Waals surface area (Å²) in [5.41, 5.74) is 0.915. The minimum Gasteiger partial charge on any atom is -0.461 e. The van der Waals surface area contributed by atoms with Crippen molar-refractivity contribution in [3.05, 3.63) is 34.9 Å². The lowest BCUT2D eigenvalue weighted by Crippen LogP contribution is -2.29. The van der Waals surface area contributed by atoms with Crippen LogP contribution in [-0.4, -0.2) is 25.2 Å². The molecule has 0 heterocycles. The van der Waals surface area contributed by atoms with Gasteiger partial charge in [0.15, 0.2) is 0 Å². The van der Waals surface area contributed by atoms with Crippen molar-refractivity contribution in [2.45, 2.75) is 32.8 Å². The van der Waals surface area contributed by atoms with Crippen LogP contribution in [0.1, 0.15) is 25.8 Å². The molecule has 0 radical (unpaired) electrons. The quantitative estimate of drug-likeness (QED) is 0.611. The zero-order valence-electron chi connectivity index (χ0n) is 10.9. The second kappa shape index (κ2) is 8.11. The minimum absolute atomic E-state index is 0.101. The Kier molecular flexibility index (Phi) is 6.76. The van der Waals surface area contributed by atoms with E-state index < -0.39 is 0 Å². The van der Waals surface area contributed by atoms with Gasteiger partial charge in [0.2, 0.25) is 0 Å². The highest BCUT2D eigenvalue weighted by Crippen LogP contribution is 2.10. The van der Waals surface area contributed by atoms with E-state index in [-0.39, 0.29) is 18.5 Å². The van der Waals surface area contributed by atoms with Gasteiger partial charge in [-0.1, -0.05) is 30.7 Å². The predicted octanol–water partition coefficient (Wildman–Crippen LogP) is 2.81. The average Bonchev–Trinajstić information content (AvgIpc) is 2.32. The van der Waals surface area contributed by atoms with Gasteiger partial charge in [0.1, 0.15) is 6.10 Å². The van der Waals surface area contributed by atoms with E-state index >= 15 is 0 Å². The smallest absolute Gasteiger partial charge is 0.310 e. The lowest BCUT2D eigenvalue weighted by atomic mass is 10.1. The van der Waals surface area contributed by atoms with Gasteiger partial charge in [0, 0.05) is 11.6 Å². The third kappa shape index (κ3) is 6.03. The summed E-state index contributed by atoms with van der Waals surface area (Å²) in [4.78, 5) is 11.7. The number of hydrogen-bond donors (Lipinski definition) is 1. The van der Waals surface area contributed by atoms with Gasteiger partial charge in [-0.15, -0.1) is 0 Å². The summed E-state index contributed by atoms with van der Waals surface area (Å²) >= 11 is 5.78. The molecule has 100 valence electrons. The highest BCUT2D eigenvalue weighted by Gasteiger charge is 2.09. The predicted molar refractivity (Wildman–Crippen MR) is 73.9 cm³/mol. The molecule has 0 saturated carbocycles. The normalized spacial score (nSPS) is 12.2. The fraction of sp³-hybridized carbons (Fsp3) is 0.500. The fourth-order valence-corrected chi connectivity index (χ4v) is 1.68. The maximum Gasteiger partial charge on any atom is 0.310 e. The molecule has 1 atom stereocenters. The molecule has 1 aromatic rings. The number of ether oxygens (including phenoxy) is 1. The Morgan fingerprint density at radius 3 is 2.67 bits per heavy atom. The molecule has 0 aliphatic carbocycles. The number of carbonyl (C=O) groups is 1. The summed E-state index contributed by atoms with van der Waals surface area (Å²) in [6.07, 6.45) is 1.26. The Bertz CT molecular complexity index is 365. The molecule has 0 saturated heterocycles. The molecule has 0 spiro atoms. The number of benzene rings is 1. The molecule has 1 rings (SSSR count). The molecule has 0 aliphatic heterocycles. The van der Waals surface area contributed by atoms with E-state index in [0.29, 0.717) is 11.6 Å². The Balaban J connectivity index is 2.30. The van der Waals surface area contributed by atoms with Crippen molar-refractivity contribution >= 4 is 17.6 Å². The van der Waals surface area contributed by atoms with Crippen LogP contribution < -0.4 is 5.32 Å². The van der Waals surface area contributed by atoms with Gasteiger partial charge in [0.05, 0.1) is 6.42 Å². The van der Waals surface area contributed by atoms with Crippen molar-refractivity contribution in [1.29, 1.82) is 0 Å². The van der Waals surface area contributed by atoms with Crippen molar-refractivity contribution < 1.29 is 9.53 Å². The number of rotatable bonds is 7. The zero-order chi connectivity index (χ0) is 13.4. The van der Waals surface area contributed by atoms with E-state index in [1.54, 1.807) is 12.1 Å². The summed E-state index contributed by atoms with van der Waals surface area (Å²) in [7, 11) is 0. The Hall–Kier alpha value is -1.06. The first-order valence-electron chi connectivity index (χ1n) is 6.26.